The minimum Gasteiger partial charge on any atom is -0.462 e. The highest BCUT2D eigenvalue weighted by Gasteiger charge is 2.27. The third kappa shape index (κ3) is 3.60. The Hall–Kier alpha value is -0.790. The number of rotatable bonds is 5. The van der Waals surface area contributed by atoms with Gasteiger partial charge in [0, 0.05) is 5.57 Å². The summed E-state index contributed by atoms with van der Waals surface area (Å²) in [4.78, 5) is 12.2. The molecule has 0 unspecified atom stereocenters. The number of esters is 1. The van der Waals surface area contributed by atoms with Crippen molar-refractivity contribution in [2.45, 2.75) is 64.7 Å². The monoisotopic (exact) mass is 250 g/mol. The summed E-state index contributed by atoms with van der Waals surface area (Å²) in [6, 6.07) is 0. The molecule has 2 aliphatic rings. The summed E-state index contributed by atoms with van der Waals surface area (Å²) in [5.41, 5.74) is 1.01. The van der Waals surface area contributed by atoms with E-state index in [1.165, 1.54) is 51.4 Å². The van der Waals surface area contributed by atoms with Gasteiger partial charge >= 0.3 is 5.97 Å². The van der Waals surface area contributed by atoms with Crippen LogP contribution in [0.3, 0.4) is 0 Å². The van der Waals surface area contributed by atoms with Crippen LogP contribution in [0.25, 0.3) is 0 Å². The summed E-state index contributed by atoms with van der Waals surface area (Å²) in [5.74, 6) is 1.08. The fourth-order valence-electron chi connectivity index (χ4n) is 3.26. The largest absolute Gasteiger partial charge is 0.462 e. The van der Waals surface area contributed by atoms with E-state index in [1.807, 2.05) is 6.92 Å². The third-order valence-electron chi connectivity index (χ3n) is 4.28. The normalized spacial score (nSPS) is 22.6. The molecule has 0 aromatic carbocycles. The number of allylic oxidation sites excluding steroid dienone is 1. The van der Waals surface area contributed by atoms with Crippen LogP contribution in [0, 0.1) is 11.8 Å². The van der Waals surface area contributed by atoms with Crippen LogP contribution in [0.4, 0.5) is 0 Å². The van der Waals surface area contributed by atoms with E-state index in [0.717, 1.165) is 12.0 Å². The molecule has 2 aliphatic carbocycles. The zero-order valence-electron chi connectivity index (χ0n) is 11.6. The molecular weight excluding hydrogens is 224 g/mol. The van der Waals surface area contributed by atoms with E-state index in [2.05, 4.69) is 6.08 Å². The van der Waals surface area contributed by atoms with Gasteiger partial charge in [0.25, 0.3) is 0 Å². The van der Waals surface area contributed by atoms with Crippen molar-refractivity contribution in [1.29, 1.82) is 0 Å². The molecule has 18 heavy (non-hydrogen) atoms. The van der Waals surface area contributed by atoms with Crippen molar-refractivity contribution in [2.24, 2.45) is 11.8 Å². The first-order chi connectivity index (χ1) is 8.81. The van der Waals surface area contributed by atoms with Crippen molar-refractivity contribution in [3.8, 4) is 0 Å². The molecule has 0 aromatic heterocycles. The zero-order chi connectivity index (χ0) is 12.8. The summed E-state index contributed by atoms with van der Waals surface area (Å²) in [6.45, 7) is 2.61. The van der Waals surface area contributed by atoms with E-state index in [9.17, 15) is 4.79 Å². The second-order valence-electron chi connectivity index (χ2n) is 5.78. The van der Waals surface area contributed by atoms with Gasteiger partial charge < -0.3 is 4.74 Å². The van der Waals surface area contributed by atoms with Gasteiger partial charge in [-0.3, -0.25) is 0 Å². The molecule has 0 aromatic rings. The number of hydrogen-bond acceptors (Lipinski definition) is 2. The smallest absolute Gasteiger partial charge is 0.333 e. The molecule has 0 bridgehead atoms. The number of carbonyl (C=O) groups excluding carboxylic acids is 1. The second-order valence-corrected chi connectivity index (χ2v) is 5.78. The molecule has 102 valence electrons. The molecule has 0 radical (unpaired) electrons. The van der Waals surface area contributed by atoms with Gasteiger partial charge in [-0.15, -0.1) is 0 Å². The van der Waals surface area contributed by atoms with E-state index < -0.39 is 0 Å². The van der Waals surface area contributed by atoms with Gasteiger partial charge in [-0.25, -0.2) is 4.79 Å². The minimum absolute atomic E-state index is 0.0318. The lowest BCUT2D eigenvalue weighted by atomic mass is 9.93. The molecular formula is C16H26O2. The van der Waals surface area contributed by atoms with Gasteiger partial charge in [-0.2, -0.15) is 0 Å². The molecule has 0 amide bonds. The van der Waals surface area contributed by atoms with E-state index in [0.29, 0.717) is 18.4 Å². The van der Waals surface area contributed by atoms with Gasteiger partial charge in [0.2, 0.25) is 0 Å². The number of ether oxygens (including phenoxy) is 1. The van der Waals surface area contributed by atoms with Crippen LogP contribution in [0.2, 0.25) is 0 Å². The van der Waals surface area contributed by atoms with Crippen molar-refractivity contribution in [1.82, 2.24) is 0 Å². The summed E-state index contributed by atoms with van der Waals surface area (Å²) >= 11 is 0. The zero-order valence-corrected chi connectivity index (χ0v) is 11.6. The topological polar surface area (TPSA) is 26.3 Å². The maximum absolute atomic E-state index is 12.2. The molecule has 2 heteroatoms. The summed E-state index contributed by atoms with van der Waals surface area (Å²) < 4.78 is 5.37. The van der Waals surface area contributed by atoms with Crippen LogP contribution in [-0.2, 0) is 9.53 Å². The Morgan fingerprint density at radius 2 is 1.72 bits per heavy atom. The number of carbonyl (C=O) groups is 1. The van der Waals surface area contributed by atoms with E-state index in [-0.39, 0.29) is 5.97 Å². The Morgan fingerprint density at radius 3 is 2.33 bits per heavy atom. The Bertz CT molecular complexity index is 294. The van der Waals surface area contributed by atoms with E-state index in [4.69, 9.17) is 4.74 Å². The molecule has 0 aliphatic heterocycles. The second kappa shape index (κ2) is 6.96. The van der Waals surface area contributed by atoms with Crippen LogP contribution in [0.15, 0.2) is 11.6 Å². The Kier molecular flexibility index (Phi) is 5.27. The highest BCUT2D eigenvalue weighted by Crippen LogP contribution is 2.35. The van der Waals surface area contributed by atoms with Crippen LogP contribution in [0.5, 0.6) is 0 Å². The highest BCUT2D eigenvalue weighted by molar-refractivity contribution is 5.89. The van der Waals surface area contributed by atoms with Crippen molar-refractivity contribution in [2.75, 3.05) is 6.61 Å². The lowest BCUT2D eigenvalue weighted by Gasteiger charge is -2.15. The summed E-state index contributed by atoms with van der Waals surface area (Å²) in [7, 11) is 0. The first-order valence-corrected chi connectivity index (χ1v) is 7.70. The fraction of sp³-hybridized carbons (Fsp3) is 0.812. The molecule has 2 rings (SSSR count). The molecule has 2 saturated carbocycles. The average Bonchev–Trinajstić information content (AvgIpc) is 3.05. The van der Waals surface area contributed by atoms with Gasteiger partial charge in [-0.05, 0) is 43.9 Å². The van der Waals surface area contributed by atoms with Crippen molar-refractivity contribution in [3.05, 3.63) is 11.6 Å². The van der Waals surface area contributed by atoms with Gasteiger partial charge in [-0.1, -0.05) is 38.7 Å². The summed E-state index contributed by atoms with van der Waals surface area (Å²) in [5, 5.41) is 0. The SMILES string of the molecule is CCCOC(=O)C(=CC1CCCC1)C1CCCC1. The Labute approximate surface area is 111 Å². The summed E-state index contributed by atoms with van der Waals surface area (Å²) in [6.07, 6.45) is 13.2. The quantitative estimate of drug-likeness (QED) is 0.538. The first-order valence-electron chi connectivity index (χ1n) is 7.70. The highest BCUT2D eigenvalue weighted by atomic mass is 16.5. The van der Waals surface area contributed by atoms with Gasteiger partial charge in [0.1, 0.15) is 0 Å². The lowest BCUT2D eigenvalue weighted by Crippen LogP contribution is -2.16. The molecule has 2 fully saturated rings. The van der Waals surface area contributed by atoms with E-state index in [1.54, 1.807) is 0 Å². The standard InChI is InChI=1S/C16H26O2/c1-2-11-18-16(17)15(14-9-5-6-10-14)12-13-7-3-4-8-13/h12-14H,2-11H2,1H3. The van der Waals surface area contributed by atoms with Crippen LogP contribution < -0.4 is 0 Å². The van der Waals surface area contributed by atoms with Crippen molar-refractivity contribution in [3.63, 3.8) is 0 Å². The molecule has 0 heterocycles. The molecule has 0 N–H and O–H groups in total. The maximum Gasteiger partial charge on any atom is 0.333 e. The Balaban J connectivity index is 2.03. The molecule has 0 saturated heterocycles. The van der Waals surface area contributed by atoms with E-state index >= 15 is 0 Å². The van der Waals surface area contributed by atoms with Crippen LogP contribution in [0.1, 0.15) is 64.7 Å². The maximum atomic E-state index is 12.2. The average molecular weight is 250 g/mol. The Morgan fingerprint density at radius 1 is 1.11 bits per heavy atom. The lowest BCUT2D eigenvalue weighted by molar-refractivity contribution is -0.139. The number of hydrogen-bond donors (Lipinski definition) is 0. The molecule has 0 spiro atoms. The predicted molar refractivity (Wildman–Crippen MR) is 73.2 cm³/mol. The van der Waals surface area contributed by atoms with Crippen molar-refractivity contribution < 1.29 is 9.53 Å². The van der Waals surface area contributed by atoms with Crippen LogP contribution in [-0.4, -0.2) is 12.6 Å². The third-order valence-corrected chi connectivity index (χ3v) is 4.28. The van der Waals surface area contributed by atoms with Crippen molar-refractivity contribution >= 4 is 5.97 Å². The predicted octanol–water partition coefficient (Wildman–Crippen LogP) is 4.25. The minimum atomic E-state index is -0.0318. The molecule has 2 nitrogen and oxygen atoms in total. The van der Waals surface area contributed by atoms with Gasteiger partial charge in [0.05, 0.1) is 6.61 Å². The molecule has 0 atom stereocenters. The van der Waals surface area contributed by atoms with Gasteiger partial charge in [0.15, 0.2) is 0 Å². The van der Waals surface area contributed by atoms with Crippen LogP contribution >= 0.6 is 0 Å². The fourth-order valence-corrected chi connectivity index (χ4v) is 3.26. The first kappa shape index (κ1) is 13.6.